The number of fused-ring (bicyclic) bond motifs is 2. The number of hydrogen-bond donors (Lipinski definition) is 3. The molecule has 8 nitrogen and oxygen atoms in total. The lowest BCUT2D eigenvalue weighted by molar-refractivity contribution is -0.150. The van der Waals surface area contributed by atoms with E-state index < -0.39 is 23.3 Å². The van der Waals surface area contributed by atoms with Gasteiger partial charge in [0, 0.05) is 23.1 Å². The van der Waals surface area contributed by atoms with Crippen molar-refractivity contribution in [1.29, 1.82) is 0 Å². The second-order valence-corrected chi connectivity index (χ2v) is 11.0. The van der Waals surface area contributed by atoms with Gasteiger partial charge in [0.15, 0.2) is 0 Å². The third kappa shape index (κ3) is 5.15. The van der Waals surface area contributed by atoms with E-state index in [0.717, 1.165) is 28.5 Å². The number of hydrogen-bond acceptors (Lipinski definition) is 6. The molecular weight excluding hydrogens is 498 g/mol. The average molecular weight is 524 g/mol. The van der Waals surface area contributed by atoms with Crippen LogP contribution in [0.5, 0.6) is 0 Å². The van der Waals surface area contributed by atoms with Gasteiger partial charge < -0.3 is 15.7 Å². The predicted molar refractivity (Wildman–Crippen MR) is 139 cm³/mol. The van der Waals surface area contributed by atoms with Crippen LogP contribution in [0.15, 0.2) is 70.8 Å². The van der Waals surface area contributed by atoms with Gasteiger partial charge in [0.1, 0.15) is 17.1 Å². The quantitative estimate of drug-likeness (QED) is 0.342. The van der Waals surface area contributed by atoms with Crippen LogP contribution in [0.2, 0.25) is 0 Å². The van der Waals surface area contributed by atoms with Gasteiger partial charge >= 0.3 is 5.97 Å². The number of carbonyl (C=O) groups is 4. The molecule has 0 radical (unpaired) electrons. The molecule has 1 saturated heterocycles. The fourth-order valence-corrected chi connectivity index (χ4v) is 6.32. The number of carbonyl (C=O) groups excluding carboxylic acids is 3. The van der Waals surface area contributed by atoms with Crippen molar-refractivity contribution in [3.63, 3.8) is 0 Å². The fourth-order valence-electron chi connectivity index (χ4n) is 4.24. The minimum atomic E-state index is -1.19. The van der Waals surface area contributed by atoms with Crippen molar-refractivity contribution in [3.8, 4) is 0 Å². The largest absolute Gasteiger partial charge is 0.477 e. The molecule has 0 unspecified atom stereocenters. The maximum atomic E-state index is 12.8. The Morgan fingerprint density at radius 3 is 2.67 bits per heavy atom. The van der Waals surface area contributed by atoms with E-state index in [-0.39, 0.29) is 29.2 Å². The fraction of sp³-hybridized carbons (Fsp3) is 0.308. The van der Waals surface area contributed by atoms with E-state index in [1.807, 2.05) is 42.5 Å². The Morgan fingerprint density at radius 2 is 1.92 bits per heavy atom. The zero-order valence-corrected chi connectivity index (χ0v) is 20.9. The van der Waals surface area contributed by atoms with Crippen molar-refractivity contribution in [2.75, 3.05) is 18.1 Å². The zero-order valence-electron chi connectivity index (χ0n) is 19.3. The molecule has 2 heterocycles. The molecule has 0 spiro atoms. The third-order valence-corrected chi connectivity index (χ3v) is 8.56. The first kappa shape index (κ1) is 24.5. The number of aliphatic carboxylic acids is 1. The van der Waals surface area contributed by atoms with E-state index in [1.165, 1.54) is 28.4 Å². The highest BCUT2D eigenvalue weighted by atomic mass is 32.2. The van der Waals surface area contributed by atoms with Crippen LogP contribution in [0.25, 0.3) is 10.8 Å². The number of nitrogens with one attached hydrogen (secondary N) is 2. The molecule has 2 aromatic rings. The second kappa shape index (κ2) is 10.4. The summed E-state index contributed by atoms with van der Waals surface area (Å²) in [5.74, 6) is -1.22. The topological polar surface area (TPSA) is 116 Å². The van der Waals surface area contributed by atoms with Crippen molar-refractivity contribution in [2.45, 2.75) is 29.2 Å². The van der Waals surface area contributed by atoms with Crippen LogP contribution >= 0.6 is 23.5 Å². The number of carboxylic acids is 1. The highest BCUT2D eigenvalue weighted by Gasteiger charge is 2.53. The first-order valence-corrected chi connectivity index (χ1v) is 13.7. The maximum absolute atomic E-state index is 12.8. The van der Waals surface area contributed by atoms with Crippen LogP contribution in [0.3, 0.4) is 0 Å². The third-order valence-electron chi connectivity index (χ3n) is 6.27. The van der Waals surface area contributed by atoms with Crippen LogP contribution in [-0.4, -0.2) is 63.2 Å². The van der Waals surface area contributed by atoms with Crippen molar-refractivity contribution in [1.82, 2.24) is 15.5 Å². The molecule has 3 aliphatic rings. The molecule has 2 aromatic carbocycles. The smallest absolute Gasteiger partial charge is 0.352 e. The van der Waals surface area contributed by atoms with Crippen LogP contribution in [-0.2, 0) is 19.2 Å². The zero-order chi connectivity index (χ0) is 25.2. The van der Waals surface area contributed by atoms with Gasteiger partial charge in [0.25, 0.3) is 5.91 Å². The molecular formula is C26H25N3O5S2. The molecule has 2 aliphatic heterocycles. The Kier molecular flexibility index (Phi) is 7.06. The van der Waals surface area contributed by atoms with Crippen molar-refractivity contribution < 1.29 is 24.3 Å². The number of rotatable bonds is 9. The molecule has 186 valence electrons. The van der Waals surface area contributed by atoms with Gasteiger partial charge in [-0.15, -0.1) is 23.5 Å². The van der Waals surface area contributed by atoms with E-state index >= 15 is 0 Å². The molecule has 0 bridgehead atoms. The monoisotopic (exact) mass is 523 g/mol. The van der Waals surface area contributed by atoms with Crippen LogP contribution in [0, 0.1) is 5.92 Å². The normalized spacial score (nSPS) is 21.3. The van der Waals surface area contributed by atoms with Gasteiger partial charge in [-0.25, -0.2) is 4.79 Å². The minimum absolute atomic E-state index is 0.0143. The number of allylic oxidation sites excluding steroid dienone is 1. The Morgan fingerprint density at radius 1 is 1.14 bits per heavy atom. The second-order valence-electron chi connectivity index (χ2n) is 8.85. The summed E-state index contributed by atoms with van der Waals surface area (Å²) in [6.07, 6.45) is 5.18. The van der Waals surface area contributed by atoms with E-state index in [2.05, 4.69) is 10.6 Å². The van der Waals surface area contributed by atoms with Gasteiger partial charge in [0.05, 0.1) is 5.75 Å². The summed E-state index contributed by atoms with van der Waals surface area (Å²) < 4.78 is 0. The van der Waals surface area contributed by atoms with Crippen molar-refractivity contribution in [2.24, 2.45) is 5.92 Å². The summed E-state index contributed by atoms with van der Waals surface area (Å²) in [6.45, 7) is 0.307. The Labute approximate surface area is 216 Å². The van der Waals surface area contributed by atoms with Crippen LogP contribution in [0.1, 0.15) is 12.8 Å². The molecule has 1 aliphatic carbocycles. The van der Waals surface area contributed by atoms with Gasteiger partial charge in [0.2, 0.25) is 11.8 Å². The van der Waals surface area contributed by atoms with Crippen molar-refractivity contribution in [3.05, 3.63) is 65.9 Å². The molecule has 2 fully saturated rings. The Balaban J connectivity index is 1.17. The predicted octanol–water partition coefficient (Wildman–Crippen LogP) is 2.75. The number of benzene rings is 2. The van der Waals surface area contributed by atoms with Crippen LogP contribution < -0.4 is 10.6 Å². The van der Waals surface area contributed by atoms with Crippen molar-refractivity contribution >= 4 is 58.0 Å². The summed E-state index contributed by atoms with van der Waals surface area (Å²) >= 11 is 2.80. The van der Waals surface area contributed by atoms with E-state index in [9.17, 15) is 24.3 Å². The number of thioether (sulfide) groups is 2. The van der Waals surface area contributed by atoms with Gasteiger partial charge in [-0.2, -0.15) is 0 Å². The number of nitrogens with zero attached hydrogens (tertiary/aromatic N) is 1. The summed E-state index contributed by atoms with van der Waals surface area (Å²) in [7, 11) is 0. The van der Waals surface area contributed by atoms with Gasteiger partial charge in [-0.1, -0.05) is 42.5 Å². The summed E-state index contributed by atoms with van der Waals surface area (Å²) in [6, 6.07) is 13.2. The van der Waals surface area contributed by atoms with Gasteiger partial charge in [-0.05, 0) is 41.3 Å². The lowest BCUT2D eigenvalue weighted by Crippen LogP contribution is -2.70. The summed E-state index contributed by atoms with van der Waals surface area (Å²) in [4.78, 5) is 51.3. The maximum Gasteiger partial charge on any atom is 0.352 e. The number of β-lactam (4-membered cyclic amide) rings is 1. The lowest BCUT2D eigenvalue weighted by atomic mass is 10.0. The highest BCUT2D eigenvalue weighted by molar-refractivity contribution is 8.00. The first-order chi connectivity index (χ1) is 17.4. The summed E-state index contributed by atoms with van der Waals surface area (Å²) in [5.41, 5.74) is 0.443. The molecule has 1 saturated carbocycles. The summed E-state index contributed by atoms with van der Waals surface area (Å²) in [5, 5.41) is 17.1. The van der Waals surface area contributed by atoms with E-state index in [4.69, 9.17) is 0 Å². The SMILES string of the molecule is O=C(CSc1ccc2ccccc2c1)N[C@@H]1C(=O)N2C(C(=O)O)=C(/C=C/CNC(=O)C3CC3)CS[C@H]12. The first-order valence-electron chi connectivity index (χ1n) is 11.7. The standard InChI is InChI=1S/C26H25N3O5S2/c30-20(14-35-19-10-9-15-4-1-2-5-17(15)12-19)28-21-24(32)29-22(26(33)34)18(13-36-25(21)29)6-3-11-27-23(31)16-7-8-16/h1-6,9-10,12,16,21,25H,7-8,11,13-14H2,(H,27,31)(H,28,30)(H,33,34)/b6-3+/t21-,25-/m1/s1. The molecule has 3 amide bonds. The van der Waals surface area contributed by atoms with E-state index in [0.29, 0.717) is 17.9 Å². The van der Waals surface area contributed by atoms with E-state index in [1.54, 1.807) is 12.2 Å². The average Bonchev–Trinajstić information content (AvgIpc) is 3.73. The molecule has 10 heteroatoms. The molecule has 5 rings (SSSR count). The van der Waals surface area contributed by atoms with Gasteiger partial charge in [-0.3, -0.25) is 19.3 Å². The molecule has 2 atom stereocenters. The lowest BCUT2D eigenvalue weighted by Gasteiger charge is -2.49. The van der Waals surface area contributed by atoms with Crippen LogP contribution in [0.4, 0.5) is 0 Å². The number of amides is 3. The Hall–Kier alpha value is -3.24. The molecule has 0 aromatic heterocycles. The minimum Gasteiger partial charge on any atom is -0.477 e. The molecule has 3 N–H and O–H groups in total. The molecule has 36 heavy (non-hydrogen) atoms. The Bertz CT molecular complexity index is 1300. The highest BCUT2D eigenvalue weighted by Crippen LogP contribution is 2.40. The number of carboxylic acid groups (broad SMARTS) is 1.